The molecule has 1 N–H and O–H groups in total. The molecule has 0 radical (unpaired) electrons. The Kier molecular flexibility index (Phi) is 8.56. The van der Waals surface area contributed by atoms with Gasteiger partial charge in [0, 0.05) is 73.7 Å². The first kappa shape index (κ1) is 31.1. The quantitative estimate of drug-likeness (QED) is 0.136. The van der Waals surface area contributed by atoms with Gasteiger partial charge in [-0.2, -0.15) is 4.89 Å². The van der Waals surface area contributed by atoms with Crippen LogP contribution in [-0.2, 0) is 29.0 Å². The Morgan fingerprint density at radius 2 is 1.71 bits per heavy atom. The lowest BCUT2D eigenvalue weighted by Gasteiger charge is -2.22. The fourth-order valence-corrected chi connectivity index (χ4v) is 5.25. The van der Waals surface area contributed by atoms with Crippen LogP contribution in [0.1, 0.15) is 12.5 Å². The molecule has 2 aliphatic heterocycles. The third-order valence-electron chi connectivity index (χ3n) is 7.86. The zero-order valence-corrected chi connectivity index (χ0v) is 26.0. The van der Waals surface area contributed by atoms with Gasteiger partial charge in [-0.05, 0) is 36.8 Å². The van der Waals surface area contributed by atoms with Gasteiger partial charge in [0.25, 0.3) is 11.8 Å². The van der Waals surface area contributed by atoms with Crippen molar-refractivity contribution in [1.82, 2.24) is 14.8 Å². The van der Waals surface area contributed by atoms with Crippen LogP contribution in [0, 0.1) is 5.41 Å². The maximum absolute atomic E-state index is 13.5. The Bertz CT molecular complexity index is 1870. The molecule has 1 unspecified atom stereocenters. The van der Waals surface area contributed by atoms with Crippen LogP contribution in [0.5, 0.6) is 0 Å². The maximum atomic E-state index is 13.5. The van der Waals surface area contributed by atoms with Crippen LogP contribution < -0.4 is 20.1 Å². The summed E-state index contributed by atoms with van der Waals surface area (Å²) in [6, 6.07) is 11.7. The van der Waals surface area contributed by atoms with E-state index >= 15 is 0 Å². The number of nitrogens with one attached hydrogen (secondary N) is 1. The highest BCUT2D eigenvalue weighted by molar-refractivity contribution is 6.13. The van der Waals surface area contributed by atoms with E-state index in [1.807, 2.05) is 74.1 Å². The standard InChI is InChI=1S/C34H34N4O7/c1-34(33(42)35-17-18-38-29(39)11-12-30(38)40)15-13-23(24(14-16-34)32(41)45-43-6)31-25-9-7-21(36(2)3)19-27(25)44-28-20-22(37(4)5)8-10-26(28)31/h7-16,19-20H,17-18H2,1-6H3/p+1. The molecule has 0 fully saturated rings. The van der Waals surface area contributed by atoms with E-state index < -0.39 is 23.2 Å². The largest absolute Gasteiger partial charge is 0.456 e. The van der Waals surface area contributed by atoms with E-state index in [9.17, 15) is 19.2 Å². The van der Waals surface area contributed by atoms with E-state index in [2.05, 4.69) is 5.32 Å². The molecular weight excluding hydrogens is 576 g/mol. The Morgan fingerprint density at radius 3 is 2.38 bits per heavy atom. The van der Waals surface area contributed by atoms with Crippen LogP contribution in [-0.4, -0.2) is 77.0 Å². The van der Waals surface area contributed by atoms with Crippen LogP contribution in [0.4, 0.5) is 5.69 Å². The minimum Gasteiger partial charge on any atom is -0.456 e. The Morgan fingerprint density at radius 1 is 1.00 bits per heavy atom. The smallest absolute Gasteiger partial charge is 0.373 e. The number of amides is 3. The van der Waals surface area contributed by atoms with Crippen LogP contribution in [0.2, 0.25) is 0 Å². The summed E-state index contributed by atoms with van der Waals surface area (Å²) in [5.41, 5.74) is 2.49. The molecule has 45 heavy (non-hydrogen) atoms. The molecule has 232 valence electrons. The average Bonchev–Trinajstić information content (AvgIpc) is 3.21. The Balaban J connectivity index is 1.63. The summed E-state index contributed by atoms with van der Waals surface area (Å²) in [5.74, 6) is -1.36. The van der Waals surface area contributed by atoms with Crippen LogP contribution in [0.3, 0.4) is 0 Å². The summed E-state index contributed by atoms with van der Waals surface area (Å²) in [6.07, 6.45) is 9.00. The summed E-state index contributed by atoms with van der Waals surface area (Å²) in [5, 5.41) is 4.49. The summed E-state index contributed by atoms with van der Waals surface area (Å²) >= 11 is 0. The molecule has 1 aromatic carbocycles. The van der Waals surface area contributed by atoms with Gasteiger partial charge in [-0.25, -0.2) is 9.37 Å². The normalized spacial score (nSPS) is 17.8. The number of allylic oxidation sites excluding steroid dienone is 2. The number of anilines is 1. The topological polar surface area (TPSA) is 121 Å². The molecule has 11 nitrogen and oxygen atoms in total. The number of imide groups is 1. The molecule has 1 atom stereocenters. The highest BCUT2D eigenvalue weighted by Crippen LogP contribution is 2.42. The van der Waals surface area contributed by atoms with Gasteiger partial charge < -0.3 is 14.6 Å². The Labute approximate surface area is 260 Å². The first-order chi connectivity index (χ1) is 21.4. The van der Waals surface area contributed by atoms with Gasteiger partial charge in [0.2, 0.25) is 11.3 Å². The fraction of sp³-hybridized carbons (Fsp3) is 0.265. The van der Waals surface area contributed by atoms with Crippen LogP contribution in [0.15, 0.2) is 82.8 Å². The number of rotatable bonds is 8. The van der Waals surface area contributed by atoms with Crippen LogP contribution in [0.25, 0.3) is 27.9 Å². The molecule has 11 heteroatoms. The highest BCUT2D eigenvalue weighted by Gasteiger charge is 2.32. The number of nitrogens with zero attached hydrogens (tertiary/aromatic N) is 3. The average molecular weight is 612 g/mol. The van der Waals surface area contributed by atoms with E-state index in [4.69, 9.17) is 14.2 Å². The number of carbonyl (C=O) groups is 4. The van der Waals surface area contributed by atoms with E-state index in [0.29, 0.717) is 22.5 Å². The molecule has 3 amide bonds. The third kappa shape index (κ3) is 6.07. The maximum Gasteiger partial charge on any atom is 0.373 e. The second-order valence-electron chi connectivity index (χ2n) is 11.4. The zero-order chi connectivity index (χ0) is 32.5. The van der Waals surface area contributed by atoms with Crippen molar-refractivity contribution in [2.75, 3.05) is 53.3 Å². The number of hydrogen-bond donors (Lipinski definition) is 1. The summed E-state index contributed by atoms with van der Waals surface area (Å²) in [7, 11) is 9.01. The summed E-state index contributed by atoms with van der Waals surface area (Å²) in [4.78, 5) is 63.4. The third-order valence-corrected chi connectivity index (χ3v) is 7.86. The predicted molar refractivity (Wildman–Crippen MR) is 170 cm³/mol. The van der Waals surface area contributed by atoms with Crippen molar-refractivity contribution in [3.05, 3.63) is 89.3 Å². The first-order valence-corrected chi connectivity index (χ1v) is 14.3. The molecule has 0 aromatic heterocycles. The minimum atomic E-state index is -1.20. The van der Waals surface area contributed by atoms with Crippen molar-refractivity contribution >= 4 is 45.9 Å². The molecular formula is C34H35N4O7+. The van der Waals surface area contributed by atoms with Crippen molar-refractivity contribution in [3.63, 3.8) is 0 Å². The molecule has 2 heterocycles. The number of fused-ring (bicyclic) bond motifs is 2. The summed E-state index contributed by atoms with van der Waals surface area (Å²) in [6.45, 7) is 1.80. The molecule has 0 saturated heterocycles. The predicted octanol–water partition coefficient (Wildman–Crippen LogP) is 2.67. The molecule has 5 rings (SSSR count). The van der Waals surface area contributed by atoms with Gasteiger partial charge in [0.05, 0.1) is 24.2 Å². The molecule has 4 aliphatic rings. The van der Waals surface area contributed by atoms with Gasteiger partial charge in [0.15, 0.2) is 0 Å². The fourth-order valence-electron chi connectivity index (χ4n) is 5.25. The SMILES string of the molecule is COOC(=O)C1=C(c2c3ccc(=[N+](C)C)cc-3oc3cc(N(C)C)ccc23)C=CC(C)(C(=O)NCCN2C(=O)C=CC2=O)C=C1. The van der Waals surface area contributed by atoms with E-state index in [1.54, 1.807) is 31.2 Å². The van der Waals surface area contributed by atoms with E-state index in [1.165, 1.54) is 19.3 Å². The molecule has 2 aliphatic carbocycles. The Hall–Kier alpha value is -5.29. The number of benzene rings is 2. The first-order valence-electron chi connectivity index (χ1n) is 14.3. The van der Waals surface area contributed by atoms with Gasteiger partial charge in [-0.15, -0.1) is 0 Å². The van der Waals surface area contributed by atoms with Crippen molar-refractivity contribution in [1.29, 1.82) is 0 Å². The second kappa shape index (κ2) is 12.4. The lowest BCUT2D eigenvalue weighted by atomic mass is 9.87. The van der Waals surface area contributed by atoms with Crippen molar-refractivity contribution in [3.8, 4) is 11.3 Å². The van der Waals surface area contributed by atoms with Crippen LogP contribution >= 0.6 is 0 Å². The minimum absolute atomic E-state index is 0.0319. The molecule has 1 aromatic rings. The van der Waals surface area contributed by atoms with Gasteiger partial charge in [-0.3, -0.25) is 24.2 Å². The second-order valence-corrected chi connectivity index (χ2v) is 11.4. The number of carbonyl (C=O) groups excluding carboxylic acids is 4. The lowest BCUT2D eigenvalue weighted by Crippen LogP contribution is -2.42. The molecule has 0 saturated carbocycles. The molecule has 0 spiro atoms. The highest BCUT2D eigenvalue weighted by atomic mass is 17.2. The van der Waals surface area contributed by atoms with Crippen molar-refractivity contribution in [2.45, 2.75) is 6.92 Å². The summed E-state index contributed by atoms with van der Waals surface area (Å²) < 4.78 is 8.41. The zero-order valence-electron chi connectivity index (χ0n) is 26.0. The lowest BCUT2D eigenvalue weighted by molar-refractivity contribution is -0.250. The van der Waals surface area contributed by atoms with Gasteiger partial charge >= 0.3 is 5.97 Å². The van der Waals surface area contributed by atoms with Crippen molar-refractivity contribution in [2.24, 2.45) is 5.41 Å². The van der Waals surface area contributed by atoms with Gasteiger partial charge in [-0.1, -0.05) is 18.2 Å². The van der Waals surface area contributed by atoms with Gasteiger partial charge in [0.1, 0.15) is 25.4 Å². The molecule has 0 bridgehead atoms. The van der Waals surface area contributed by atoms with E-state index in [0.717, 1.165) is 26.9 Å². The number of hydrogen-bond acceptors (Lipinski definition) is 8. The van der Waals surface area contributed by atoms with E-state index in [-0.39, 0.29) is 24.6 Å². The van der Waals surface area contributed by atoms with Crippen molar-refractivity contribution < 1.29 is 33.4 Å². The monoisotopic (exact) mass is 611 g/mol.